The molecule has 0 aliphatic carbocycles. The van der Waals surface area contributed by atoms with Crippen molar-refractivity contribution in [1.82, 2.24) is 4.90 Å². The quantitative estimate of drug-likeness (QED) is 0.781. The molecule has 0 saturated carbocycles. The predicted octanol–water partition coefficient (Wildman–Crippen LogP) is 2.30. The van der Waals surface area contributed by atoms with Gasteiger partial charge in [0.15, 0.2) is 17.3 Å². The fraction of sp³-hybridized carbons (Fsp3) is 0.562. The summed E-state index contributed by atoms with van der Waals surface area (Å²) in [6.45, 7) is 1.26. The molecule has 0 radical (unpaired) electrons. The molecule has 3 aliphatic heterocycles. The van der Waals surface area contributed by atoms with Crippen LogP contribution in [-0.4, -0.2) is 49.3 Å². The van der Waals surface area contributed by atoms with Gasteiger partial charge in [-0.25, -0.2) is 0 Å². The number of fused-ring (bicyclic) bond motifs is 3. The Balaban J connectivity index is 1.54. The van der Waals surface area contributed by atoms with Gasteiger partial charge in [-0.15, -0.1) is 8.78 Å². The SMILES string of the molecule is CN1C2COCC1CC(C(=O)c1ccc3c(c1)OC(F)(F)O3)C2. The second-order valence-electron chi connectivity index (χ2n) is 6.37. The van der Waals surface area contributed by atoms with Gasteiger partial charge in [0.05, 0.1) is 13.2 Å². The van der Waals surface area contributed by atoms with Gasteiger partial charge in [0.2, 0.25) is 0 Å². The predicted molar refractivity (Wildman–Crippen MR) is 75.9 cm³/mol. The maximum Gasteiger partial charge on any atom is 0.586 e. The molecule has 0 amide bonds. The van der Waals surface area contributed by atoms with Gasteiger partial charge in [-0.3, -0.25) is 9.69 Å². The molecule has 23 heavy (non-hydrogen) atoms. The van der Waals surface area contributed by atoms with Crippen molar-refractivity contribution in [1.29, 1.82) is 0 Å². The zero-order chi connectivity index (χ0) is 16.2. The zero-order valence-electron chi connectivity index (χ0n) is 12.6. The van der Waals surface area contributed by atoms with Gasteiger partial charge in [-0.1, -0.05) is 0 Å². The number of hydrogen-bond donors (Lipinski definition) is 0. The molecular weight excluding hydrogens is 308 g/mol. The minimum atomic E-state index is -3.66. The summed E-state index contributed by atoms with van der Waals surface area (Å²) in [5.41, 5.74) is 0.388. The first-order valence-electron chi connectivity index (χ1n) is 7.67. The lowest BCUT2D eigenvalue weighted by molar-refractivity contribution is -0.286. The van der Waals surface area contributed by atoms with E-state index in [0.717, 1.165) is 12.8 Å². The number of likely N-dealkylation sites (N-methyl/N-ethyl adjacent to an activating group) is 1. The van der Waals surface area contributed by atoms with Gasteiger partial charge in [0.1, 0.15) is 0 Å². The molecule has 4 rings (SSSR count). The first-order valence-corrected chi connectivity index (χ1v) is 7.67. The smallest absolute Gasteiger partial charge is 0.395 e. The van der Waals surface area contributed by atoms with Crippen LogP contribution in [0, 0.1) is 5.92 Å². The number of ether oxygens (including phenoxy) is 3. The van der Waals surface area contributed by atoms with E-state index in [0.29, 0.717) is 18.8 Å². The number of benzene rings is 1. The number of Topliss-reactive ketones (excluding diaryl/α,β-unsaturated/α-hetero) is 1. The molecule has 2 atom stereocenters. The Kier molecular flexibility index (Phi) is 3.32. The fourth-order valence-corrected chi connectivity index (χ4v) is 3.65. The highest BCUT2D eigenvalue weighted by Crippen LogP contribution is 2.42. The summed E-state index contributed by atoms with van der Waals surface area (Å²) < 4.78 is 40.5. The lowest BCUT2D eigenvalue weighted by Crippen LogP contribution is -2.55. The summed E-state index contributed by atoms with van der Waals surface area (Å²) in [6, 6.07) is 4.70. The molecule has 1 aromatic rings. The van der Waals surface area contributed by atoms with Gasteiger partial charge in [-0.05, 0) is 38.1 Å². The van der Waals surface area contributed by atoms with Crippen molar-refractivity contribution in [3.63, 3.8) is 0 Å². The molecule has 1 aromatic carbocycles. The van der Waals surface area contributed by atoms with E-state index in [2.05, 4.69) is 21.4 Å². The molecule has 7 heteroatoms. The minimum Gasteiger partial charge on any atom is -0.395 e. The van der Waals surface area contributed by atoms with Crippen LogP contribution in [0.1, 0.15) is 23.2 Å². The standard InChI is InChI=1S/C16H17F2NO4/c1-19-11-4-10(5-12(19)8-21-7-11)15(20)9-2-3-13-14(6-9)23-16(17,18)22-13/h2-3,6,10-12H,4-5,7-8H2,1H3. The Bertz CT molecular complexity index is 637. The summed E-state index contributed by atoms with van der Waals surface area (Å²) in [6.07, 6.45) is -2.22. The van der Waals surface area contributed by atoms with Gasteiger partial charge < -0.3 is 14.2 Å². The summed E-state index contributed by atoms with van der Waals surface area (Å²) in [4.78, 5) is 15.0. The van der Waals surface area contributed by atoms with Crippen molar-refractivity contribution in [3.05, 3.63) is 23.8 Å². The second-order valence-corrected chi connectivity index (χ2v) is 6.37. The lowest BCUT2D eigenvalue weighted by Gasteiger charge is -2.46. The summed E-state index contributed by atoms with van der Waals surface area (Å²) in [7, 11) is 2.06. The molecule has 3 aliphatic rings. The van der Waals surface area contributed by atoms with Crippen molar-refractivity contribution in [2.45, 2.75) is 31.2 Å². The molecule has 2 saturated heterocycles. The van der Waals surface area contributed by atoms with Crippen molar-refractivity contribution in [2.24, 2.45) is 5.92 Å². The van der Waals surface area contributed by atoms with Crippen LogP contribution >= 0.6 is 0 Å². The fourth-order valence-electron chi connectivity index (χ4n) is 3.65. The van der Waals surface area contributed by atoms with Gasteiger partial charge in [0, 0.05) is 23.6 Å². The average molecular weight is 325 g/mol. The summed E-state index contributed by atoms with van der Waals surface area (Å²) in [5.74, 6) is -0.278. The third kappa shape index (κ3) is 2.57. The van der Waals surface area contributed by atoms with Crippen LogP contribution in [0.3, 0.4) is 0 Å². The summed E-state index contributed by atoms with van der Waals surface area (Å²) >= 11 is 0. The van der Waals surface area contributed by atoms with Crippen LogP contribution in [0.15, 0.2) is 18.2 Å². The van der Waals surface area contributed by atoms with E-state index < -0.39 is 6.29 Å². The first kappa shape index (κ1) is 14.8. The van der Waals surface area contributed by atoms with Gasteiger partial charge >= 0.3 is 6.29 Å². The van der Waals surface area contributed by atoms with Gasteiger partial charge in [0.25, 0.3) is 0 Å². The molecular formula is C16H17F2NO4. The van der Waals surface area contributed by atoms with E-state index >= 15 is 0 Å². The van der Waals surface area contributed by atoms with Crippen LogP contribution in [0.25, 0.3) is 0 Å². The maximum absolute atomic E-state index is 13.1. The zero-order valence-corrected chi connectivity index (χ0v) is 12.6. The highest BCUT2D eigenvalue weighted by Gasteiger charge is 2.44. The molecule has 2 bridgehead atoms. The van der Waals surface area contributed by atoms with E-state index in [-0.39, 0.29) is 35.3 Å². The molecule has 0 N–H and O–H groups in total. The highest BCUT2D eigenvalue weighted by molar-refractivity contribution is 5.98. The molecule has 2 unspecified atom stereocenters. The second kappa shape index (κ2) is 5.14. The van der Waals surface area contributed by atoms with E-state index in [9.17, 15) is 13.6 Å². The number of ketones is 1. The molecule has 5 nitrogen and oxygen atoms in total. The van der Waals surface area contributed by atoms with Crippen molar-refractivity contribution >= 4 is 5.78 Å². The molecule has 0 spiro atoms. The Hall–Kier alpha value is -1.73. The minimum absolute atomic E-state index is 0.0309. The van der Waals surface area contributed by atoms with Crippen LogP contribution in [0.5, 0.6) is 11.5 Å². The van der Waals surface area contributed by atoms with E-state index in [4.69, 9.17) is 4.74 Å². The van der Waals surface area contributed by atoms with Crippen molar-refractivity contribution in [2.75, 3.05) is 20.3 Å². The number of nitrogens with zero attached hydrogens (tertiary/aromatic N) is 1. The Morgan fingerprint density at radius 2 is 1.83 bits per heavy atom. The third-order valence-corrected chi connectivity index (χ3v) is 4.94. The number of alkyl halides is 2. The number of carbonyl (C=O) groups excluding carboxylic acids is 1. The van der Waals surface area contributed by atoms with Crippen LogP contribution in [-0.2, 0) is 4.74 Å². The summed E-state index contributed by atoms with van der Waals surface area (Å²) in [5, 5.41) is 0. The van der Waals surface area contributed by atoms with Crippen LogP contribution in [0.4, 0.5) is 8.78 Å². The first-order chi connectivity index (χ1) is 10.9. The lowest BCUT2D eigenvalue weighted by atomic mass is 9.81. The number of rotatable bonds is 2. The third-order valence-electron chi connectivity index (χ3n) is 4.94. The van der Waals surface area contributed by atoms with Crippen LogP contribution < -0.4 is 9.47 Å². The van der Waals surface area contributed by atoms with Crippen LogP contribution in [0.2, 0.25) is 0 Å². The largest absolute Gasteiger partial charge is 0.586 e. The number of hydrogen-bond acceptors (Lipinski definition) is 5. The number of carbonyl (C=O) groups is 1. The maximum atomic E-state index is 13.1. The Labute approximate surface area is 132 Å². The van der Waals surface area contributed by atoms with E-state index in [1.54, 1.807) is 0 Å². The number of morpholine rings is 1. The average Bonchev–Trinajstić information content (AvgIpc) is 2.79. The highest BCUT2D eigenvalue weighted by atomic mass is 19.3. The molecule has 2 fully saturated rings. The van der Waals surface area contributed by atoms with E-state index in [1.807, 2.05) is 0 Å². The topological polar surface area (TPSA) is 48.0 Å². The molecule has 3 heterocycles. The number of halogens is 2. The molecule has 0 aromatic heterocycles. The normalized spacial score (nSPS) is 31.9. The van der Waals surface area contributed by atoms with Crippen molar-refractivity contribution in [3.8, 4) is 11.5 Å². The Morgan fingerprint density at radius 3 is 2.52 bits per heavy atom. The Morgan fingerprint density at radius 1 is 1.17 bits per heavy atom. The van der Waals surface area contributed by atoms with Gasteiger partial charge in [-0.2, -0.15) is 0 Å². The van der Waals surface area contributed by atoms with E-state index in [1.165, 1.54) is 18.2 Å². The number of piperidine rings is 1. The monoisotopic (exact) mass is 325 g/mol. The molecule has 124 valence electrons. The van der Waals surface area contributed by atoms with Crippen molar-refractivity contribution < 1.29 is 27.8 Å².